The first-order chi connectivity index (χ1) is 9.66. The van der Waals surface area contributed by atoms with E-state index in [9.17, 15) is 0 Å². The van der Waals surface area contributed by atoms with Crippen LogP contribution < -0.4 is 0 Å². The molecule has 0 bridgehead atoms. The Balaban J connectivity index is 1.97. The van der Waals surface area contributed by atoms with Crippen LogP contribution in [-0.4, -0.2) is 22.5 Å². The van der Waals surface area contributed by atoms with E-state index >= 15 is 0 Å². The number of hydrogen-bond donors (Lipinski definition) is 0. The van der Waals surface area contributed by atoms with Crippen LogP contribution >= 0.6 is 11.6 Å². The standard InChI is InChI=1S/C17H21ClN2/c1-12-7-5-6-10-20(12)11-16-13(2)14-8-3-4-9-15(14)17(18)19-16/h3-4,8-9,12H,5-7,10-11H2,1-2H3. The number of fused-ring (bicyclic) bond motifs is 1. The summed E-state index contributed by atoms with van der Waals surface area (Å²) in [5, 5.41) is 2.92. The smallest absolute Gasteiger partial charge is 0.137 e. The van der Waals surface area contributed by atoms with E-state index in [0.717, 1.165) is 17.6 Å². The number of rotatable bonds is 2. The van der Waals surface area contributed by atoms with Gasteiger partial charge in [0.05, 0.1) is 5.69 Å². The van der Waals surface area contributed by atoms with Gasteiger partial charge in [-0.3, -0.25) is 4.90 Å². The van der Waals surface area contributed by atoms with Crippen molar-refractivity contribution in [2.45, 2.75) is 45.7 Å². The minimum atomic E-state index is 0.630. The van der Waals surface area contributed by atoms with Crippen LogP contribution in [0.1, 0.15) is 37.4 Å². The van der Waals surface area contributed by atoms with Crippen molar-refractivity contribution < 1.29 is 0 Å². The first kappa shape index (κ1) is 13.8. The van der Waals surface area contributed by atoms with Crippen LogP contribution in [0.5, 0.6) is 0 Å². The van der Waals surface area contributed by atoms with Crippen LogP contribution in [0.2, 0.25) is 5.15 Å². The molecule has 106 valence electrons. The molecule has 0 aliphatic carbocycles. The van der Waals surface area contributed by atoms with E-state index in [1.807, 2.05) is 12.1 Å². The predicted octanol–water partition coefficient (Wildman–Crippen LogP) is 4.57. The highest BCUT2D eigenvalue weighted by atomic mass is 35.5. The fourth-order valence-electron chi connectivity index (χ4n) is 3.15. The highest BCUT2D eigenvalue weighted by molar-refractivity contribution is 6.34. The normalized spacial score (nSPS) is 20.4. The van der Waals surface area contributed by atoms with Gasteiger partial charge in [0.2, 0.25) is 0 Å². The number of aromatic nitrogens is 1. The zero-order chi connectivity index (χ0) is 14.1. The summed E-state index contributed by atoms with van der Waals surface area (Å²) in [6, 6.07) is 8.92. The summed E-state index contributed by atoms with van der Waals surface area (Å²) in [6.45, 7) is 6.57. The second-order valence-electron chi connectivity index (χ2n) is 5.84. The molecule has 2 heterocycles. The van der Waals surface area contributed by atoms with Gasteiger partial charge in [0.15, 0.2) is 0 Å². The molecule has 3 rings (SSSR count). The molecule has 1 atom stereocenters. The first-order valence-electron chi connectivity index (χ1n) is 7.44. The molecule has 20 heavy (non-hydrogen) atoms. The largest absolute Gasteiger partial charge is 0.295 e. The van der Waals surface area contributed by atoms with Gasteiger partial charge in [-0.1, -0.05) is 42.3 Å². The topological polar surface area (TPSA) is 16.1 Å². The molecule has 1 aromatic heterocycles. The molecule has 1 unspecified atom stereocenters. The van der Waals surface area contributed by atoms with Crippen molar-refractivity contribution in [2.75, 3.05) is 6.54 Å². The van der Waals surface area contributed by atoms with Crippen molar-refractivity contribution in [1.82, 2.24) is 9.88 Å². The third kappa shape index (κ3) is 2.55. The molecule has 0 spiro atoms. The molecule has 2 aromatic rings. The number of likely N-dealkylation sites (tertiary alicyclic amines) is 1. The Morgan fingerprint density at radius 1 is 1.25 bits per heavy atom. The maximum atomic E-state index is 6.36. The van der Waals surface area contributed by atoms with Crippen molar-refractivity contribution in [1.29, 1.82) is 0 Å². The molecule has 0 saturated carbocycles. The number of hydrogen-bond acceptors (Lipinski definition) is 2. The molecule has 0 amide bonds. The summed E-state index contributed by atoms with van der Waals surface area (Å²) in [5.41, 5.74) is 2.39. The Morgan fingerprint density at radius 2 is 2.00 bits per heavy atom. The van der Waals surface area contributed by atoms with E-state index in [-0.39, 0.29) is 0 Å². The molecule has 0 N–H and O–H groups in total. The molecule has 0 radical (unpaired) electrons. The average molecular weight is 289 g/mol. The SMILES string of the molecule is Cc1c(CN2CCCCC2C)nc(Cl)c2ccccc12. The Morgan fingerprint density at radius 3 is 2.75 bits per heavy atom. The zero-order valence-corrected chi connectivity index (χ0v) is 13.0. The molecule has 1 aromatic carbocycles. The number of halogens is 1. The molecular formula is C17H21ClN2. The molecule has 3 heteroatoms. The van der Waals surface area contributed by atoms with Crippen molar-refractivity contribution in [3.63, 3.8) is 0 Å². The van der Waals surface area contributed by atoms with Crippen molar-refractivity contribution in [2.24, 2.45) is 0 Å². The van der Waals surface area contributed by atoms with Crippen LogP contribution in [0.4, 0.5) is 0 Å². The van der Waals surface area contributed by atoms with Gasteiger partial charge in [0.25, 0.3) is 0 Å². The average Bonchev–Trinajstić information content (AvgIpc) is 2.47. The third-order valence-electron chi connectivity index (χ3n) is 4.51. The molecule has 2 nitrogen and oxygen atoms in total. The van der Waals surface area contributed by atoms with Gasteiger partial charge in [-0.15, -0.1) is 0 Å². The second kappa shape index (κ2) is 5.71. The van der Waals surface area contributed by atoms with Gasteiger partial charge in [0.1, 0.15) is 5.15 Å². The molecular weight excluding hydrogens is 268 g/mol. The van der Waals surface area contributed by atoms with E-state index in [4.69, 9.17) is 11.6 Å². The van der Waals surface area contributed by atoms with E-state index < -0.39 is 0 Å². The van der Waals surface area contributed by atoms with Gasteiger partial charge in [0, 0.05) is 18.0 Å². The summed E-state index contributed by atoms with van der Waals surface area (Å²) in [7, 11) is 0. The molecule has 1 aliphatic heterocycles. The van der Waals surface area contributed by atoms with Crippen molar-refractivity contribution in [3.05, 3.63) is 40.7 Å². The van der Waals surface area contributed by atoms with Crippen LogP contribution in [0.15, 0.2) is 24.3 Å². The molecule has 1 fully saturated rings. The fraction of sp³-hybridized carbons (Fsp3) is 0.471. The number of aryl methyl sites for hydroxylation is 1. The number of piperidine rings is 1. The lowest BCUT2D eigenvalue weighted by Gasteiger charge is -2.33. The second-order valence-corrected chi connectivity index (χ2v) is 6.19. The number of pyridine rings is 1. The van der Waals surface area contributed by atoms with E-state index in [0.29, 0.717) is 11.2 Å². The van der Waals surface area contributed by atoms with Gasteiger partial charge in [-0.25, -0.2) is 4.98 Å². The lowest BCUT2D eigenvalue weighted by atomic mass is 10.0. The van der Waals surface area contributed by atoms with Crippen LogP contribution in [-0.2, 0) is 6.54 Å². The van der Waals surface area contributed by atoms with Crippen molar-refractivity contribution >= 4 is 22.4 Å². The highest BCUT2D eigenvalue weighted by Gasteiger charge is 2.20. The predicted molar refractivity (Wildman–Crippen MR) is 85.2 cm³/mol. The monoisotopic (exact) mass is 288 g/mol. The van der Waals surface area contributed by atoms with E-state index in [2.05, 4.69) is 35.9 Å². The van der Waals surface area contributed by atoms with Gasteiger partial charge < -0.3 is 0 Å². The number of nitrogens with zero attached hydrogens (tertiary/aromatic N) is 2. The highest BCUT2D eigenvalue weighted by Crippen LogP contribution is 2.28. The zero-order valence-electron chi connectivity index (χ0n) is 12.2. The van der Waals surface area contributed by atoms with Crippen LogP contribution in [0.3, 0.4) is 0 Å². The van der Waals surface area contributed by atoms with E-state index in [1.54, 1.807) is 0 Å². The summed E-state index contributed by atoms with van der Waals surface area (Å²) in [4.78, 5) is 7.18. The Kier molecular flexibility index (Phi) is 3.95. The lowest BCUT2D eigenvalue weighted by molar-refractivity contribution is 0.150. The quantitative estimate of drug-likeness (QED) is 0.753. The Labute approximate surface area is 125 Å². The first-order valence-corrected chi connectivity index (χ1v) is 7.82. The summed E-state index contributed by atoms with van der Waals surface area (Å²) >= 11 is 6.36. The maximum Gasteiger partial charge on any atom is 0.137 e. The number of benzene rings is 1. The summed E-state index contributed by atoms with van der Waals surface area (Å²) in [6.07, 6.45) is 3.94. The lowest BCUT2D eigenvalue weighted by Crippen LogP contribution is -2.37. The Hall–Kier alpha value is -1.12. The van der Waals surface area contributed by atoms with E-state index in [1.165, 1.54) is 36.8 Å². The minimum Gasteiger partial charge on any atom is -0.295 e. The maximum absolute atomic E-state index is 6.36. The van der Waals surface area contributed by atoms with Crippen LogP contribution in [0.25, 0.3) is 10.8 Å². The fourth-order valence-corrected chi connectivity index (χ4v) is 3.41. The van der Waals surface area contributed by atoms with Gasteiger partial charge >= 0.3 is 0 Å². The Bertz CT molecular complexity index is 624. The van der Waals surface area contributed by atoms with Crippen molar-refractivity contribution in [3.8, 4) is 0 Å². The van der Waals surface area contributed by atoms with Crippen LogP contribution in [0, 0.1) is 6.92 Å². The molecule has 1 aliphatic rings. The molecule has 1 saturated heterocycles. The van der Waals surface area contributed by atoms with Gasteiger partial charge in [-0.05, 0) is 44.2 Å². The van der Waals surface area contributed by atoms with Gasteiger partial charge in [-0.2, -0.15) is 0 Å². The summed E-state index contributed by atoms with van der Waals surface area (Å²) < 4.78 is 0. The summed E-state index contributed by atoms with van der Waals surface area (Å²) in [5.74, 6) is 0. The minimum absolute atomic E-state index is 0.630. The third-order valence-corrected chi connectivity index (χ3v) is 4.80.